The number of H-pyrrole nitrogens is 1. The van der Waals surface area contributed by atoms with Gasteiger partial charge in [-0.1, -0.05) is 0 Å². The number of rotatable bonds is 1. The van der Waals surface area contributed by atoms with Crippen LogP contribution < -0.4 is 11.4 Å². The summed E-state index contributed by atoms with van der Waals surface area (Å²) < 4.78 is 14.8. The normalized spacial score (nSPS) is 19.4. The lowest BCUT2D eigenvalue weighted by atomic mass is 10.1. The molecule has 0 saturated carbocycles. The number of nitrogens with two attached hydrogens (primary N) is 1. The average molecular weight is 278 g/mol. The molecule has 1 aliphatic rings. The van der Waals surface area contributed by atoms with Crippen molar-refractivity contribution in [1.82, 2.24) is 14.5 Å². The highest BCUT2D eigenvalue weighted by Gasteiger charge is 2.29. The van der Waals surface area contributed by atoms with E-state index in [1.54, 1.807) is 0 Å². The summed E-state index contributed by atoms with van der Waals surface area (Å²) in [4.78, 5) is 27.8. The van der Waals surface area contributed by atoms with E-state index in [0.29, 0.717) is 24.0 Å². The van der Waals surface area contributed by atoms with Gasteiger partial charge in [-0.15, -0.1) is 0 Å². The Morgan fingerprint density at radius 3 is 2.95 bits per heavy atom. The minimum absolute atomic E-state index is 0.358. The Hall–Kier alpha value is -2.31. The van der Waals surface area contributed by atoms with Crippen molar-refractivity contribution < 1.29 is 9.18 Å². The van der Waals surface area contributed by atoms with Crippen molar-refractivity contribution in [3.05, 3.63) is 34.5 Å². The first-order valence-electron chi connectivity index (χ1n) is 6.54. The van der Waals surface area contributed by atoms with Crippen LogP contribution in [0.25, 0.3) is 11.0 Å². The molecule has 0 aliphatic carbocycles. The monoisotopic (exact) mass is 278 g/mol. The summed E-state index contributed by atoms with van der Waals surface area (Å²) in [5, 5.41) is 0. The molecule has 0 spiro atoms. The van der Waals surface area contributed by atoms with E-state index in [1.807, 2.05) is 0 Å². The molecule has 1 unspecified atom stereocenters. The van der Waals surface area contributed by atoms with Gasteiger partial charge in [-0.3, -0.25) is 4.57 Å². The molecular formula is C13H15FN4O2. The predicted octanol–water partition coefficient (Wildman–Crippen LogP) is 1.53. The molecule has 2 aromatic rings. The first kappa shape index (κ1) is 12.7. The molecule has 3 rings (SSSR count). The van der Waals surface area contributed by atoms with Gasteiger partial charge < -0.3 is 15.6 Å². The number of hydrogen-bond acceptors (Lipinski definition) is 2. The molecule has 1 saturated heterocycles. The Morgan fingerprint density at radius 2 is 2.20 bits per heavy atom. The summed E-state index contributed by atoms with van der Waals surface area (Å²) in [7, 11) is 0. The number of benzene rings is 1. The van der Waals surface area contributed by atoms with Gasteiger partial charge in [0.05, 0.1) is 11.0 Å². The second kappa shape index (κ2) is 4.66. The molecule has 1 aliphatic heterocycles. The van der Waals surface area contributed by atoms with Crippen LogP contribution >= 0.6 is 0 Å². The highest BCUT2D eigenvalue weighted by Crippen LogP contribution is 2.27. The van der Waals surface area contributed by atoms with E-state index in [-0.39, 0.29) is 5.69 Å². The highest BCUT2D eigenvalue weighted by atomic mass is 19.1. The Balaban J connectivity index is 2.17. The van der Waals surface area contributed by atoms with Crippen molar-refractivity contribution in [1.29, 1.82) is 0 Å². The smallest absolute Gasteiger partial charge is 0.328 e. The van der Waals surface area contributed by atoms with E-state index in [1.165, 1.54) is 27.7 Å². The minimum Gasteiger partial charge on any atom is -0.351 e. The second-order valence-corrected chi connectivity index (χ2v) is 4.97. The molecule has 7 heteroatoms. The molecule has 2 amide bonds. The molecule has 2 heterocycles. The number of nitrogens with zero attached hydrogens (tertiary/aromatic N) is 2. The number of carbonyl (C=O) groups is 1. The van der Waals surface area contributed by atoms with E-state index < -0.39 is 18.0 Å². The van der Waals surface area contributed by atoms with E-state index >= 15 is 0 Å². The van der Waals surface area contributed by atoms with Gasteiger partial charge in [-0.25, -0.2) is 14.0 Å². The van der Waals surface area contributed by atoms with Gasteiger partial charge >= 0.3 is 11.7 Å². The van der Waals surface area contributed by atoms with Crippen LogP contribution in [0.4, 0.5) is 9.18 Å². The molecule has 106 valence electrons. The minimum atomic E-state index is -0.563. The third-order valence-corrected chi connectivity index (χ3v) is 3.73. The van der Waals surface area contributed by atoms with Crippen molar-refractivity contribution in [2.75, 3.05) is 6.54 Å². The molecule has 3 N–H and O–H groups in total. The number of hydrogen-bond donors (Lipinski definition) is 2. The standard InChI is InChI=1S/C13H15FN4O2/c14-8-4-5-9-10(7-8)18(13(20)16-9)11-3-1-2-6-17(11)12(15)19/h4-5,7,11H,1-3,6H2,(H2,15,19)(H,16,20). The third kappa shape index (κ3) is 1.95. The van der Waals surface area contributed by atoms with Gasteiger partial charge in [-0.05, 0) is 37.5 Å². The predicted molar refractivity (Wildman–Crippen MR) is 71.7 cm³/mol. The molecule has 1 aromatic carbocycles. The number of likely N-dealkylation sites (tertiary alicyclic amines) is 1. The fourth-order valence-corrected chi connectivity index (χ4v) is 2.83. The van der Waals surface area contributed by atoms with Gasteiger partial charge in [0.25, 0.3) is 0 Å². The van der Waals surface area contributed by atoms with E-state index in [4.69, 9.17) is 5.73 Å². The van der Waals surface area contributed by atoms with E-state index in [0.717, 1.165) is 12.8 Å². The number of aromatic amines is 1. The number of piperidine rings is 1. The summed E-state index contributed by atoms with van der Waals surface area (Å²) >= 11 is 0. The van der Waals surface area contributed by atoms with Gasteiger partial charge in [0.2, 0.25) is 0 Å². The number of fused-ring (bicyclic) bond motifs is 1. The SMILES string of the molecule is NC(=O)N1CCCCC1n1c(=O)[nH]c2ccc(F)cc21. The van der Waals surface area contributed by atoms with Gasteiger partial charge in [0.15, 0.2) is 0 Å². The largest absolute Gasteiger partial charge is 0.351 e. The molecular weight excluding hydrogens is 263 g/mol. The Kier molecular flexibility index (Phi) is 2.96. The number of nitrogens with one attached hydrogen (secondary N) is 1. The maximum Gasteiger partial charge on any atom is 0.328 e. The lowest BCUT2D eigenvalue weighted by Crippen LogP contribution is -2.46. The van der Waals surface area contributed by atoms with Gasteiger partial charge in [0, 0.05) is 6.54 Å². The van der Waals surface area contributed by atoms with Crippen molar-refractivity contribution in [3.8, 4) is 0 Å². The fraction of sp³-hybridized carbons (Fsp3) is 0.385. The first-order chi connectivity index (χ1) is 9.58. The van der Waals surface area contributed by atoms with Crippen molar-refractivity contribution in [2.24, 2.45) is 5.73 Å². The number of imidazole rings is 1. The number of urea groups is 1. The summed E-state index contributed by atoms with van der Waals surface area (Å²) in [5.41, 5.74) is 6.02. The number of aromatic nitrogens is 2. The number of primary amides is 1. The quantitative estimate of drug-likeness (QED) is 0.829. The van der Waals surface area contributed by atoms with Crippen LogP contribution in [0, 0.1) is 5.82 Å². The summed E-state index contributed by atoms with van der Waals surface area (Å²) in [5.74, 6) is -0.424. The zero-order chi connectivity index (χ0) is 14.3. The van der Waals surface area contributed by atoms with Crippen LogP contribution in [0.2, 0.25) is 0 Å². The van der Waals surface area contributed by atoms with Crippen molar-refractivity contribution in [3.63, 3.8) is 0 Å². The molecule has 20 heavy (non-hydrogen) atoms. The van der Waals surface area contributed by atoms with Gasteiger partial charge in [-0.2, -0.15) is 0 Å². The van der Waals surface area contributed by atoms with E-state index in [2.05, 4.69) is 4.98 Å². The summed E-state index contributed by atoms with van der Waals surface area (Å²) in [6.45, 7) is 0.508. The maximum absolute atomic E-state index is 13.4. The van der Waals surface area contributed by atoms with Crippen LogP contribution in [0.5, 0.6) is 0 Å². The molecule has 0 bridgehead atoms. The number of halogens is 1. The van der Waals surface area contributed by atoms with Crippen LogP contribution in [0.3, 0.4) is 0 Å². The molecule has 1 fully saturated rings. The van der Waals surface area contributed by atoms with Crippen LogP contribution in [0.1, 0.15) is 25.4 Å². The second-order valence-electron chi connectivity index (χ2n) is 4.97. The zero-order valence-corrected chi connectivity index (χ0v) is 10.8. The van der Waals surface area contributed by atoms with Crippen molar-refractivity contribution >= 4 is 17.1 Å². The summed E-state index contributed by atoms with van der Waals surface area (Å²) in [6.07, 6.45) is 1.92. The lowest BCUT2D eigenvalue weighted by molar-refractivity contribution is 0.123. The Morgan fingerprint density at radius 1 is 1.40 bits per heavy atom. The third-order valence-electron chi connectivity index (χ3n) is 3.73. The lowest BCUT2D eigenvalue weighted by Gasteiger charge is -2.34. The Bertz CT molecular complexity index is 721. The zero-order valence-electron chi connectivity index (χ0n) is 10.8. The average Bonchev–Trinajstić information content (AvgIpc) is 2.74. The molecule has 1 atom stereocenters. The molecule has 6 nitrogen and oxygen atoms in total. The number of amides is 2. The Labute approximate surface area is 114 Å². The van der Waals surface area contributed by atoms with Gasteiger partial charge in [0.1, 0.15) is 12.0 Å². The fourth-order valence-electron chi connectivity index (χ4n) is 2.83. The molecule has 0 radical (unpaired) electrons. The number of carbonyl (C=O) groups excluding carboxylic acids is 1. The topological polar surface area (TPSA) is 84.1 Å². The maximum atomic E-state index is 13.4. The highest BCUT2D eigenvalue weighted by molar-refractivity contribution is 5.76. The van der Waals surface area contributed by atoms with Crippen LogP contribution in [-0.4, -0.2) is 27.0 Å². The van der Waals surface area contributed by atoms with Crippen molar-refractivity contribution in [2.45, 2.75) is 25.4 Å². The van der Waals surface area contributed by atoms with Crippen LogP contribution in [0.15, 0.2) is 23.0 Å². The van der Waals surface area contributed by atoms with Crippen LogP contribution in [-0.2, 0) is 0 Å². The first-order valence-corrected chi connectivity index (χ1v) is 6.54. The van der Waals surface area contributed by atoms with E-state index in [9.17, 15) is 14.0 Å². The molecule has 1 aromatic heterocycles. The summed E-state index contributed by atoms with van der Waals surface area (Å²) in [6, 6.07) is 3.53.